The lowest BCUT2D eigenvalue weighted by atomic mass is 10.0. The molecule has 0 atom stereocenters. The normalized spacial score (nSPS) is 11.0. The molecule has 0 saturated carbocycles. The molecule has 0 unspecified atom stereocenters. The molecule has 2 aromatic rings. The van der Waals surface area contributed by atoms with E-state index in [0.29, 0.717) is 19.1 Å². The second-order valence-corrected chi connectivity index (χ2v) is 5.81. The van der Waals surface area contributed by atoms with E-state index in [-0.39, 0.29) is 0 Å². The standard InChI is InChI=1S/C17H21ClN2O/c1-11(2)15-8-17(12(3)7-16(15)18)21-10-14-6-4-5-13(9-19)20-14/h4-8,11H,9-10,19H2,1-3H3. The van der Waals surface area contributed by atoms with Crippen LogP contribution in [0.2, 0.25) is 5.02 Å². The molecule has 3 nitrogen and oxygen atoms in total. The fourth-order valence-corrected chi connectivity index (χ4v) is 2.58. The van der Waals surface area contributed by atoms with Gasteiger partial charge in [0.25, 0.3) is 0 Å². The quantitative estimate of drug-likeness (QED) is 0.900. The largest absolute Gasteiger partial charge is 0.487 e. The second kappa shape index (κ2) is 6.92. The third-order valence-electron chi connectivity index (χ3n) is 3.37. The fraction of sp³-hybridized carbons (Fsp3) is 0.353. The van der Waals surface area contributed by atoms with Gasteiger partial charge in [0.1, 0.15) is 12.4 Å². The predicted molar refractivity (Wildman–Crippen MR) is 86.7 cm³/mol. The van der Waals surface area contributed by atoms with Gasteiger partial charge >= 0.3 is 0 Å². The third-order valence-corrected chi connectivity index (χ3v) is 3.69. The number of aromatic nitrogens is 1. The molecule has 0 spiro atoms. The van der Waals surface area contributed by atoms with E-state index in [0.717, 1.165) is 33.3 Å². The Hall–Kier alpha value is -1.58. The number of hydrogen-bond acceptors (Lipinski definition) is 3. The topological polar surface area (TPSA) is 48.1 Å². The van der Waals surface area contributed by atoms with Crippen molar-refractivity contribution in [2.75, 3.05) is 0 Å². The van der Waals surface area contributed by atoms with Gasteiger partial charge in [0.05, 0.1) is 11.4 Å². The number of rotatable bonds is 5. The summed E-state index contributed by atoms with van der Waals surface area (Å²) < 4.78 is 5.91. The lowest BCUT2D eigenvalue weighted by Crippen LogP contribution is -2.05. The Labute approximate surface area is 131 Å². The van der Waals surface area contributed by atoms with Gasteiger partial charge in [-0.1, -0.05) is 31.5 Å². The van der Waals surface area contributed by atoms with Crippen LogP contribution in [0.5, 0.6) is 5.75 Å². The van der Waals surface area contributed by atoms with Gasteiger partial charge in [-0.2, -0.15) is 0 Å². The minimum absolute atomic E-state index is 0.360. The maximum absolute atomic E-state index is 6.27. The zero-order valence-electron chi connectivity index (χ0n) is 12.7. The van der Waals surface area contributed by atoms with Crippen LogP contribution in [0.15, 0.2) is 30.3 Å². The highest BCUT2D eigenvalue weighted by Gasteiger charge is 2.10. The molecule has 2 N–H and O–H groups in total. The van der Waals surface area contributed by atoms with E-state index in [1.165, 1.54) is 0 Å². The molecule has 0 aliphatic carbocycles. The van der Waals surface area contributed by atoms with Crippen molar-refractivity contribution in [3.8, 4) is 5.75 Å². The first-order valence-electron chi connectivity index (χ1n) is 7.09. The summed E-state index contributed by atoms with van der Waals surface area (Å²) >= 11 is 6.27. The molecule has 0 aliphatic rings. The molecule has 21 heavy (non-hydrogen) atoms. The van der Waals surface area contributed by atoms with Gasteiger partial charge < -0.3 is 10.5 Å². The van der Waals surface area contributed by atoms with Crippen molar-refractivity contribution < 1.29 is 4.74 Å². The van der Waals surface area contributed by atoms with Crippen molar-refractivity contribution in [3.63, 3.8) is 0 Å². The van der Waals surface area contributed by atoms with Crippen molar-refractivity contribution in [1.82, 2.24) is 4.98 Å². The molecular formula is C17H21ClN2O. The summed E-state index contributed by atoms with van der Waals surface area (Å²) in [6.45, 7) is 7.09. The summed E-state index contributed by atoms with van der Waals surface area (Å²) in [5.41, 5.74) is 9.47. The first kappa shape index (κ1) is 15.8. The molecule has 0 bridgehead atoms. The van der Waals surface area contributed by atoms with E-state index in [4.69, 9.17) is 22.1 Å². The van der Waals surface area contributed by atoms with Crippen LogP contribution in [0.25, 0.3) is 0 Å². The van der Waals surface area contributed by atoms with Crippen molar-refractivity contribution in [2.24, 2.45) is 5.73 Å². The molecule has 0 radical (unpaired) electrons. The Morgan fingerprint density at radius 3 is 2.62 bits per heavy atom. The van der Waals surface area contributed by atoms with Gasteiger partial charge in [0.15, 0.2) is 0 Å². The summed E-state index contributed by atoms with van der Waals surface area (Å²) in [5.74, 6) is 1.21. The van der Waals surface area contributed by atoms with E-state index < -0.39 is 0 Å². The third kappa shape index (κ3) is 3.96. The second-order valence-electron chi connectivity index (χ2n) is 5.41. The molecule has 1 aromatic carbocycles. The molecule has 112 valence electrons. The van der Waals surface area contributed by atoms with Crippen LogP contribution < -0.4 is 10.5 Å². The number of nitrogens with two attached hydrogens (primary N) is 1. The van der Waals surface area contributed by atoms with Crippen LogP contribution in [-0.4, -0.2) is 4.98 Å². The van der Waals surface area contributed by atoms with Crippen LogP contribution in [0.3, 0.4) is 0 Å². The number of aryl methyl sites for hydroxylation is 1. The molecule has 0 aliphatic heterocycles. The number of nitrogens with zero attached hydrogens (tertiary/aromatic N) is 1. The molecule has 0 saturated heterocycles. The van der Waals surface area contributed by atoms with E-state index in [1.54, 1.807) is 0 Å². The highest BCUT2D eigenvalue weighted by molar-refractivity contribution is 6.31. The minimum Gasteiger partial charge on any atom is -0.487 e. The minimum atomic E-state index is 0.360. The highest BCUT2D eigenvalue weighted by atomic mass is 35.5. The Balaban J connectivity index is 2.17. The Bertz CT molecular complexity index is 626. The van der Waals surface area contributed by atoms with Crippen LogP contribution in [0.4, 0.5) is 0 Å². The Morgan fingerprint density at radius 1 is 1.24 bits per heavy atom. The number of benzene rings is 1. The smallest absolute Gasteiger partial charge is 0.130 e. The van der Waals surface area contributed by atoms with Gasteiger partial charge in [0.2, 0.25) is 0 Å². The monoisotopic (exact) mass is 304 g/mol. The SMILES string of the molecule is Cc1cc(Cl)c(C(C)C)cc1OCc1cccc(CN)n1. The maximum Gasteiger partial charge on any atom is 0.130 e. The van der Waals surface area contributed by atoms with Crippen molar-refractivity contribution in [3.05, 3.63) is 57.9 Å². The first-order valence-corrected chi connectivity index (χ1v) is 7.46. The van der Waals surface area contributed by atoms with Gasteiger partial charge in [-0.05, 0) is 48.2 Å². The van der Waals surface area contributed by atoms with Gasteiger partial charge in [0, 0.05) is 11.6 Å². The summed E-state index contributed by atoms with van der Waals surface area (Å²) in [7, 11) is 0. The summed E-state index contributed by atoms with van der Waals surface area (Å²) in [5, 5.41) is 0.790. The molecule has 1 heterocycles. The van der Waals surface area contributed by atoms with E-state index in [1.807, 2.05) is 37.3 Å². The van der Waals surface area contributed by atoms with E-state index >= 15 is 0 Å². The molecule has 4 heteroatoms. The summed E-state index contributed by atoms with van der Waals surface area (Å²) in [4.78, 5) is 4.43. The number of hydrogen-bond donors (Lipinski definition) is 1. The first-order chi connectivity index (χ1) is 10.0. The summed E-state index contributed by atoms with van der Waals surface area (Å²) in [6.07, 6.45) is 0. The Morgan fingerprint density at radius 2 is 1.95 bits per heavy atom. The zero-order chi connectivity index (χ0) is 15.4. The highest BCUT2D eigenvalue weighted by Crippen LogP contribution is 2.31. The van der Waals surface area contributed by atoms with Crippen molar-refractivity contribution in [1.29, 1.82) is 0 Å². The number of ether oxygens (including phenoxy) is 1. The van der Waals surface area contributed by atoms with Crippen LogP contribution >= 0.6 is 11.6 Å². The maximum atomic E-state index is 6.27. The van der Waals surface area contributed by atoms with Gasteiger partial charge in [-0.3, -0.25) is 4.98 Å². The van der Waals surface area contributed by atoms with Crippen molar-refractivity contribution >= 4 is 11.6 Å². The van der Waals surface area contributed by atoms with Crippen LogP contribution in [0.1, 0.15) is 42.3 Å². The van der Waals surface area contributed by atoms with Crippen LogP contribution in [0, 0.1) is 6.92 Å². The fourth-order valence-electron chi connectivity index (χ4n) is 2.14. The van der Waals surface area contributed by atoms with E-state index in [9.17, 15) is 0 Å². The van der Waals surface area contributed by atoms with Gasteiger partial charge in [-0.25, -0.2) is 0 Å². The van der Waals surface area contributed by atoms with E-state index in [2.05, 4.69) is 18.8 Å². The number of pyridine rings is 1. The molecule has 2 rings (SSSR count). The zero-order valence-corrected chi connectivity index (χ0v) is 13.4. The molecule has 0 fully saturated rings. The lowest BCUT2D eigenvalue weighted by Gasteiger charge is -2.14. The molecule has 0 amide bonds. The average molecular weight is 305 g/mol. The lowest BCUT2D eigenvalue weighted by molar-refractivity contribution is 0.298. The number of halogens is 1. The molecular weight excluding hydrogens is 284 g/mol. The van der Waals surface area contributed by atoms with Gasteiger partial charge in [-0.15, -0.1) is 0 Å². The summed E-state index contributed by atoms with van der Waals surface area (Å²) in [6, 6.07) is 9.77. The Kier molecular flexibility index (Phi) is 5.21. The average Bonchev–Trinajstić information content (AvgIpc) is 2.46. The predicted octanol–water partition coefficient (Wildman–Crippen LogP) is 4.20. The van der Waals surface area contributed by atoms with Crippen LogP contribution in [-0.2, 0) is 13.2 Å². The molecule has 1 aromatic heterocycles. The van der Waals surface area contributed by atoms with Crippen molar-refractivity contribution in [2.45, 2.75) is 39.8 Å².